The highest BCUT2D eigenvalue weighted by Gasteiger charge is 2.20. The molecule has 6 aromatic rings. The molecule has 1 heterocycles. The highest BCUT2D eigenvalue weighted by atomic mass is 35.5. The zero-order valence-electron chi connectivity index (χ0n) is 26.4. The molecule has 0 radical (unpaired) electrons. The topological polar surface area (TPSA) is 158 Å². The first-order valence-corrected chi connectivity index (χ1v) is 16.5. The standard InChI is InChI=1S/C20H17ClN2O2.C18H15ClN2O2S/c1-12-4-2-3-5-16(12)19-17(13-6-8-15(24)9-7-13)10-14(21)11-18(19)20(22)23-25;1-10-8-24-9-16(10)17-14(11-2-4-13(22)5-3-11)6-12(19)7-15(17)18(20)21-23/h2-11,24-25H,1H3,(H2,22,23);2-9,22-23H,1H3,(H2,20,21). The van der Waals surface area contributed by atoms with E-state index in [1.807, 2.05) is 73.1 Å². The number of oxime groups is 2. The zero-order valence-corrected chi connectivity index (χ0v) is 28.7. The lowest BCUT2D eigenvalue weighted by Crippen LogP contribution is -2.15. The van der Waals surface area contributed by atoms with Crippen molar-refractivity contribution in [2.24, 2.45) is 21.8 Å². The van der Waals surface area contributed by atoms with Gasteiger partial charge in [-0.1, -0.05) is 82.0 Å². The fraction of sp³-hybridized carbons (Fsp3) is 0.0526. The quantitative estimate of drug-likeness (QED) is 0.0437. The summed E-state index contributed by atoms with van der Waals surface area (Å²) in [6, 6.07) is 28.6. The van der Waals surface area contributed by atoms with E-state index in [0.717, 1.165) is 55.6 Å². The lowest BCUT2D eigenvalue weighted by molar-refractivity contribution is 0.318. The number of aryl methyl sites for hydroxylation is 2. The highest BCUT2D eigenvalue weighted by Crippen LogP contribution is 2.41. The van der Waals surface area contributed by atoms with Gasteiger partial charge in [-0.05, 0) is 118 Å². The minimum atomic E-state index is -0.0132. The molecular weight excluding hydrogens is 679 g/mol. The van der Waals surface area contributed by atoms with Crippen LogP contribution in [0.15, 0.2) is 118 Å². The van der Waals surface area contributed by atoms with Crippen molar-refractivity contribution in [1.82, 2.24) is 0 Å². The summed E-state index contributed by atoms with van der Waals surface area (Å²) in [7, 11) is 0. The molecule has 11 heteroatoms. The van der Waals surface area contributed by atoms with Crippen LogP contribution in [0.1, 0.15) is 22.3 Å². The predicted octanol–water partition coefficient (Wildman–Crippen LogP) is 9.63. The highest BCUT2D eigenvalue weighted by molar-refractivity contribution is 7.08. The number of nitrogens with zero attached hydrogens (tertiary/aromatic N) is 2. The molecule has 49 heavy (non-hydrogen) atoms. The average molecular weight is 712 g/mol. The van der Waals surface area contributed by atoms with Gasteiger partial charge in [0.05, 0.1) is 0 Å². The van der Waals surface area contributed by atoms with Crippen LogP contribution in [-0.2, 0) is 0 Å². The number of hydrogen-bond acceptors (Lipinski definition) is 7. The van der Waals surface area contributed by atoms with Crippen molar-refractivity contribution >= 4 is 46.2 Å². The molecule has 248 valence electrons. The van der Waals surface area contributed by atoms with Crippen molar-refractivity contribution in [3.8, 4) is 56.0 Å². The van der Waals surface area contributed by atoms with Crippen molar-refractivity contribution in [3.63, 3.8) is 0 Å². The van der Waals surface area contributed by atoms with E-state index in [-0.39, 0.29) is 23.2 Å². The van der Waals surface area contributed by atoms with E-state index in [9.17, 15) is 15.4 Å². The molecule has 8 N–H and O–H groups in total. The Morgan fingerprint density at radius 3 is 1.43 bits per heavy atom. The Labute approximate surface area is 297 Å². The number of halogens is 2. The first kappa shape index (κ1) is 34.8. The second-order valence-corrected chi connectivity index (χ2v) is 12.7. The number of amidine groups is 2. The number of benzene rings is 5. The van der Waals surface area contributed by atoms with Crippen LogP contribution in [0.5, 0.6) is 11.5 Å². The minimum Gasteiger partial charge on any atom is -0.508 e. The molecule has 0 saturated carbocycles. The number of thiophene rings is 1. The number of nitrogens with two attached hydrogens (primary N) is 2. The average Bonchev–Trinajstić information content (AvgIpc) is 3.53. The van der Waals surface area contributed by atoms with Gasteiger partial charge < -0.3 is 32.1 Å². The number of hydrogen-bond donors (Lipinski definition) is 6. The number of aromatic hydroxyl groups is 2. The first-order valence-electron chi connectivity index (χ1n) is 14.8. The molecule has 0 saturated heterocycles. The number of rotatable bonds is 6. The van der Waals surface area contributed by atoms with Gasteiger partial charge in [-0.2, -0.15) is 11.3 Å². The lowest BCUT2D eigenvalue weighted by atomic mass is 9.88. The van der Waals surface area contributed by atoms with Crippen LogP contribution in [0, 0.1) is 13.8 Å². The molecule has 8 nitrogen and oxygen atoms in total. The Morgan fingerprint density at radius 1 is 0.571 bits per heavy atom. The van der Waals surface area contributed by atoms with Gasteiger partial charge in [0.25, 0.3) is 0 Å². The maximum Gasteiger partial charge on any atom is 0.170 e. The molecule has 0 bridgehead atoms. The van der Waals surface area contributed by atoms with E-state index in [1.54, 1.807) is 59.9 Å². The summed E-state index contributed by atoms with van der Waals surface area (Å²) in [6.45, 7) is 4.01. The summed E-state index contributed by atoms with van der Waals surface area (Å²) < 4.78 is 0. The number of phenolic OH excluding ortho intramolecular Hbond substituents is 2. The van der Waals surface area contributed by atoms with Crippen LogP contribution in [0.2, 0.25) is 10.0 Å². The van der Waals surface area contributed by atoms with Gasteiger partial charge in [0.1, 0.15) is 11.5 Å². The van der Waals surface area contributed by atoms with Gasteiger partial charge in [-0.3, -0.25) is 0 Å². The Balaban J connectivity index is 0.000000191. The zero-order chi connectivity index (χ0) is 35.2. The summed E-state index contributed by atoms with van der Waals surface area (Å²) in [5, 5.41) is 48.8. The molecule has 6 rings (SSSR count). The second kappa shape index (κ2) is 15.2. The molecule has 0 aliphatic heterocycles. The SMILES string of the molecule is Cc1ccccc1-c1c(/C(N)=N/O)cc(Cl)cc1-c1ccc(O)cc1.Cc1cscc1-c1c(/C(N)=N/O)cc(Cl)cc1-c1ccc(O)cc1. The van der Waals surface area contributed by atoms with Crippen LogP contribution in [0.25, 0.3) is 44.5 Å². The molecule has 0 fully saturated rings. The Bertz CT molecular complexity index is 2180. The molecule has 1 aromatic heterocycles. The summed E-state index contributed by atoms with van der Waals surface area (Å²) in [5.74, 6) is 0.351. The molecule has 5 aromatic carbocycles. The molecule has 0 atom stereocenters. The molecular formula is C38H32Cl2N4O4S. The largest absolute Gasteiger partial charge is 0.508 e. The molecule has 0 unspecified atom stereocenters. The summed E-state index contributed by atoms with van der Waals surface area (Å²) in [4.78, 5) is 0. The van der Waals surface area contributed by atoms with Crippen molar-refractivity contribution in [3.05, 3.63) is 140 Å². The summed E-state index contributed by atoms with van der Waals surface area (Å²) >= 11 is 14.1. The van der Waals surface area contributed by atoms with Gasteiger partial charge in [-0.15, -0.1) is 0 Å². The van der Waals surface area contributed by atoms with Gasteiger partial charge in [0, 0.05) is 32.3 Å². The summed E-state index contributed by atoms with van der Waals surface area (Å²) in [6.07, 6.45) is 0. The van der Waals surface area contributed by atoms with Crippen molar-refractivity contribution in [1.29, 1.82) is 0 Å². The fourth-order valence-electron chi connectivity index (χ4n) is 5.51. The molecule has 0 aliphatic rings. The third-order valence-electron chi connectivity index (χ3n) is 7.87. The fourth-order valence-corrected chi connectivity index (χ4v) is 6.79. The minimum absolute atomic E-state index is 0.00173. The van der Waals surface area contributed by atoms with Crippen molar-refractivity contribution in [2.45, 2.75) is 13.8 Å². The Morgan fingerprint density at radius 2 is 1.02 bits per heavy atom. The summed E-state index contributed by atoms with van der Waals surface area (Å²) in [5.41, 5.74) is 22.1. The monoisotopic (exact) mass is 710 g/mol. The van der Waals surface area contributed by atoms with E-state index in [0.29, 0.717) is 21.2 Å². The van der Waals surface area contributed by atoms with Crippen LogP contribution in [-0.4, -0.2) is 32.3 Å². The van der Waals surface area contributed by atoms with Gasteiger partial charge in [0.15, 0.2) is 11.7 Å². The van der Waals surface area contributed by atoms with E-state index in [4.69, 9.17) is 39.9 Å². The van der Waals surface area contributed by atoms with Crippen LogP contribution < -0.4 is 11.5 Å². The van der Waals surface area contributed by atoms with E-state index in [1.165, 1.54) is 0 Å². The van der Waals surface area contributed by atoms with Gasteiger partial charge in [0.2, 0.25) is 0 Å². The maximum absolute atomic E-state index is 9.57. The maximum atomic E-state index is 9.57. The Kier molecular flexibility index (Phi) is 10.8. The molecule has 0 amide bonds. The van der Waals surface area contributed by atoms with Gasteiger partial charge in [-0.25, -0.2) is 0 Å². The van der Waals surface area contributed by atoms with E-state index < -0.39 is 0 Å². The normalized spacial score (nSPS) is 11.6. The molecule has 0 spiro atoms. The van der Waals surface area contributed by atoms with Crippen LogP contribution in [0.3, 0.4) is 0 Å². The van der Waals surface area contributed by atoms with Crippen molar-refractivity contribution in [2.75, 3.05) is 0 Å². The third kappa shape index (κ3) is 7.65. The van der Waals surface area contributed by atoms with Gasteiger partial charge >= 0.3 is 0 Å². The second-order valence-electron chi connectivity index (χ2n) is 11.1. The smallest absolute Gasteiger partial charge is 0.170 e. The first-order chi connectivity index (χ1) is 23.5. The predicted molar refractivity (Wildman–Crippen MR) is 200 cm³/mol. The van der Waals surface area contributed by atoms with Crippen molar-refractivity contribution < 1.29 is 20.6 Å². The van der Waals surface area contributed by atoms with Crippen LogP contribution >= 0.6 is 34.5 Å². The lowest BCUT2D eigenvalue weighted by Gasteiger charge is -2.17. The van der Waals surface area contributed by atoms with Crippen LogP contribution in [0.4, 0.5) is 0 Å². The van der Waals surface area contributed by atoms with E-state index in [2.05, 4.69) is 10.3 Å². The Hall–Kier alpha value is -5.48. The number of phenols is 2. The third-order valence-corrected chi connectivity index (χ3v) is 9.17. The molecule has 0 aliphatic carbocycles. The van der Waals surface area contributed by atoms with E-state index >= 15 is 0 Å².